The average Bonchev–Trinajstić information content (AvgIpc) is 3.28. The minimum Gasteiger partial charge on any atom is -0.355 e. The second-order valence-corrected chi connectivity index (χ2v) is 8.22. The normalized spacial score (nSPS) is 16.1. The van der Waals surface area contributed by atoms with Crippen LogP contribution in [0.15, 0.2) is 61.2 Å². The van der Waals surface area contributed by atoms with Crippen molar-refractivity contribution in [3.8, 4) is 11.1 Å². The second-order valence-electron chi connectivity index (χ2n) is 8.22. The van der Waals surface area contributed by atoms with Gasteiger partial charge in [-0.3, -0.25) is 0 Å². The van der Waals surface area contributed by atoms with E-state index in [1.54, 1.807) is 12.7 Å². The Morgan fingerprint density at radius 1 is 1.00 bits per heavy atom. The number of H-pyrrole nitrogens is 1. The van der Waals surface area contributed by atoms with Gasteiger partial charge in [0.2, 0.25) is 0 Å². The molecule has 0 radical (unpaired) electrons. The number of nitrogens with one attached hydrogen (secondary N) is 1. The van der Waals surface area contributed by atoms with Gasteiger partial charge in [-0.1, -0.05) is 54.1 Å². The van der Waals surface area contributed by atoms with Crippen molar-refractivity contribution in [3.63, 3.8) is 0 Å². The summed E-state index contributed by atoms with van der Waals surface area (Å²) in [7, 11) is 0. The molecule has 0 bridgehead atoms. The second kappa shape index (κ2) is 7.54. The van der Waals surface area contributed by atoms with Gasteiger partial charge in [-0.05, 0) is 36.5 Å². The van der Waals surface area contributed by atoms with Crippen LogP contribution in [-0.4, -0.2) is 39.6 Å². The molecule has 3 N–H and O–H groups in total. The summed E-state index contributed by atoms with van der Waals surface area (Å²) < 4.78 is 0. The number of nitrogens with two attached hydrogens (primary N) is 1. The lowest BCUT2D eigenvalue weighted by atomic mass is 9.72. The number of benzene rings is 2. The molecule has 0 unspecified atom stereocenters. The van der Waals surface area contributed by atoms with Crippen LogP contribution in [0.4, 0.5) is 5.82 Å². The van der Waals surface area contributed by atoms with Crippen LogP contribution in [0.3, 0.4) is 0 Å². The van der Waals surface area contributed by atoms with Crippen LogP contribution in [0.2, 0.25) is 0 Å². The van der Waals surface area contributed by atoms with Crippen molar-refractivity contribution < 1.29 is 0 Å². The maximum Gasteiger partial charge on any atom is 0.182 e. The molecule has 0 atom stereocenters. The Hall–Kier alpha value is -3.25. The molecule has 2 aromatic carbocycles. The van der Waals surface area contributed by atoms with Gasteiger partial charge in [0.1, 0.15) is 11.8 Å². The smallest absolute Gasteiger partial charge is 0.182 e. The minimum atomic E-state index is -0.0174. The van der Waals surface area contributed by atoms with Crippen molar-refractivity contribution in [2.75, 3.05) is 24.5 Å². The molecule has 6 nitrogen and oxygen atoms in total. The number of hydrogen-bond acceptors (Lipinski definition) is 5. The predicted molar refractivity (Wildman–Crippen MR) is 120 cm³/mol. The number of nitrogens with zero attached hydrogens (tertiary/aromatic N) is 4. The highest BCUT2D eigenvalue weighted by atomic mass is 15.2. The molecule has 0 spiro atoms. The van der Waals surface area contributed by atoms with Crippen LogP contribution in [0.1, 0.15) is 24.0 Å². The standard InChI is InChI=1S/C24H26N6/c1-17-4-2-5-18(12-17)19-6-3-7-20(13-19)24(14-25)8-10-30(11-9-24)23-21-22(27-15-26-21)28-16-29-23/h2-7,12-13,15-16H,8-11,14,25H2,1H3,(H,26,27,28,29). The van der Waals surface area contributed by atoms with Crippen molar-refractivity contribution in [2.24, 2.45) is 5.73 Å². The summed E-state index contributed by atoms with van der Waals surface area (Å²) in [6.07, 6.45) is 5.24. The predicted octanol–water partition coefficient (Wildman–Crippen LogP) is 3.83. The van der Waals surface area contributed by atoms with Crippen molar-refractivity contribution in [1.29, 1.82) is 0 Å². The van der Waals surface area contributed by atoms with Gasteiger partial charge >= 0.3 is 0 Å². The molecule has 2 aromatic heterocycles. The van der Waals surface area contributed by atoms with Crippen molar-refractivity contribution in [1.82, 2.24) is 19.9 Å². The van der Waals surface area contributed by atoms with Gasteiger partial charge in [-0.2, -0.15) is 0 Å². The molecule has 4 aromatic rings. The lowest BCUT2D eigenvalue weighted by Gasteiger charge is -2.42. The third-order valence-corrected chi connectivity index (χ3v) is 6.44. The topological polar surface area (TPSA) is 83.7 Å². The summed E-state index contributed by atoms with van der Waals surface area (Å²) >= 11 is 0. The maximum absolute atomic E-state index is 6.38. The number of anilines is 1. The summed E-state index contributed by atoms with van der Waals surface area (Å²) in [4.78, 5) is 18.5. The fourth-order valence-corrected chi connectivity index (χ4v) is 4.60. The molecule has 0 saturated carbocycles. The molecule has 1 aliphatic rings. The lowest BCUT2D eigenvalue weighted by molar-refractivity contribution is 0.339. The number of imidazole rings is 1. The van der Waals surface area contributed by atoms with E-state index in [1.807, 2.05) is 0 Å². The Morgan fingerprint density at radius 3 is 2.53 bits per heavy atom. The molecule has 1 aliphatic heterocycles. The quantitative estimate of drug-likeness (QED) is 0.546. The first-order valence-electron chi connectivity index (χ1n) is 10.5. The number of aromatic amines is 1. The van der Waals surface area contributed by atoms with Crippen molar-refractivity contribution >= 4 is 17.0 Å². The van der Waals surface area contributed by atoms with Gasteiger partial charge in [0.25, 0.3) is 0 Å². The number of piperidine rings is 1. The van der Waals surface area contributed by atoms with E-state index in [-0.39, 0.29) is 5.41 Å². The highest BCUT2D eigenvalue weighted by molar-refractivity contribution is 5.82. The van der Waals surface area contributed by atoms with Crippen LogP contribution >= 0.6 is 0 Å². The van der Waals surface area contributed by atoms with E-state index in [4.69, 9.17) is 5.73 Å². The first kappa shape index (κ1) is 18.8. The maximum atomic E-state index is 6.38. The Kier molecular flexibility index (Phi) is 4.71. The average molecular weight is 399 g/mol. The van der Waals surface area contributed by atoms with Gasteiger partial charge < -0.3 is 15.6 Å². The van der Waals surface area contributed by atoms with E-state index in [0.29, 0.717) is 12.2 Å². The van der Waals surface area contributed by atoms with E-state index >= 15 is 0 Å². The van der Waals surface area contributed by atoms with Crippen molar-refractivity contribution in [3.05, 3.63) is 72.3 Å². The summed E-state index contributed by atoms with van der Waals surface area (Å²) in [5, 5.41) is 0. The van der Waals surface area contributed by atoms with E-state index in [9.17, 15) is 0 Å². The Bertz CT molecular complexity index is 1170. The zero-order valence-electron chi connectivity index (χ0n) is 17.2. The fourth-order valence-electron chi connectivity index (χ4n) is 4.60. The van der Waals surface area contributed by atoms with Gasteiger partial charge in [0.05, 0.1) is 6.33 Å². The molecular formula is C24H26N6. The highest BCUT2D eigenvalue weighted by Gasteiger charge is 2.36. The molecule has 6 heteroatoms. The zero-order valence-corrected chi connectivity index (χ0v) is 17.2. The van der Waals surface area contributed by atoms with Crippen LogP contribution in [-0.2, 0) is 5.41 Å². The van der Waals surface area contributed by atoms with Crippen LogP contribution in [0.25, 0.3) is 22.3 Å². The molecule has 1 saturated heterocycles. The first-order chi connectivity index (χ1) is 14.7. The molecule has 30 heavy (non-hydrogen) atoms. The number of rotatable bonds is 4. The molecule has 0 amide bonds. The molecule has 3 heterocycles. The fraction of sp³-hybridized carbons (Fsp3) is 0.292. The minimum absolute atomic E-state index is 0.0174. The lowest BCUT2D eigenvalue weighted by Crippen LogP contribution is -2.47. The summed E-state index contributed by atoms with van der Waals surface area (Å²) in [5.41, 5.74) is 13.1. The van der Waals surface area contributed by atoms with Gasteiger partial charge in [0, 0.05) is 25.0 Å². The third-order valence-electron chi connectivity index (χ3n) is 6.44. The van der Waals surface area contributed by atoms with E-state index < -0.39 is 0 Å². The number of fused-ring (bicyclic) bond motifs is 1. The SMILES string of the molecule is Cc1cccc(-c2cccc(C3(CN)CCN(c4ncnc5nc[nH]c45)CC3)c2)c1. The van der Waals surface area contributed by atoms with Crippen LogP contribution in [0, 0.1) is 6.92 Å². The van der Waals surface area contributed by atoms with Gasteiger partial charge in [0.15, 0.2) is 11.5 Å². The zero-order chi connectivity index (χ0) is 20.6. The Morgan fingerprint density at radius 2 is 1.77 bits per heavy atom. The van der Waals surface area contributed by atoms with Gasteiger partial charge in [-0.15, -0.1) is 0 Å². The monoisotopic (exact) mass is 398 g/mol. The third kappa shape index (κ3) is 3.23. The molecule has 0 aliphatic carbocycles. The van der Waals surface area contributed by atoms with Crippen LogP contribution < -0.4 is 10.6 Å². The van der Waals surface area contributed by atoms with Gasteiger partial charge in [-0.25, -0.2) is 15.0 Å². The Labute approximate surface area is 176 Å². The number of aromatic nitrogens is 4. The van der Waals surface area contributed by atoms with Crippen molar-refractivity contribution in [2.45, 2.75) is 25.2 Å². The summed E-state index contributed by atoms with van der Waals surface area (Å²) in [5.74, 6) is 0.927. The number of aryl methyl sites for hydroxylation is 1. The van der Waals surface area contributed by atoms with E-state index in [1.165, 1.54) is 22.3 Å². The summed E-state index contributed by atoms with van der Waals surface area (Å²) in [6.45, 7) is 4.57. The first-order valence-corrected chi connectivity index (χ1v) is 10.5. The molecule has 152 valence electrons. The molecule has 1 fully saturated rings. The molecule has 5 rings (SSSR count). The molecular weight excluding hydrogens is 372 g/mol. The number of hydrogen-bond donors (Lipinski definition) is 2. The van der Waals surface area contributed by atoms with E-state index in [2.05, 4.69) is 80.3 Å². The Balaban J connectivity index is 1.42. The van der Waals surface area contributed by atoms with E-state index in [0.717, 1.165) is 37.3 Å². The van der Waals surface area contributed by atoms with Crippen LogP contribution in [0.5, 0.6) is 0 Å². The largest absolute Gasteiger partial charge is 0.355 e. The highest BCUT2D eigenvalue weighted by Crippen LogP contribution is 2.38. The summed E-state index contributed by atoms with van der Waals surface area (Å²) in [6, 6.07) is 17.6.